The summed E-state index contributed by atoms with van der Waals surface area (Å²) in [7, 11) is 0. The van der Waals surface area contributed by atoms with E-state index in [4.69, 9.17) is 17.0 Å². The van der Waals surface area contributed by atoms with Gasteiger partial charge in [0.15, 0.2) is 20.7 Å². The van der Waals surface area contributed by atoms with Crippen LogP contribution < -0.4 is 0 Å². The molecule has 0 bridgehead atoms. The van der Waals surface area contributed by atoms with E-state index in [0.717, 1.165) is 10.0 Å². The van der Waals surface area contributed by atoms with Gasteiger partial charge < -0.3 is 4.74 Å². The van der Waals surface area contributed by atoms with Gasteiger partial charge in [0, 0.05) is 5.56 Å². The largest absolute Gasteiger partial charge is 0.454 e. The third-order valence-electron chi connectivity index (χ3n) is 5.69. The fourth-order valence-corrected chi connectivity index (χ4v) is 5.70. The summed E-state index contributed by atoms with van der Waals surface area (Å²) < 4.78 is 8.44. The average molecular weight is 485 g/mol. The van der Waals surface area contributed by atoms with E-state index in [1.54, 1.807) is 28.9 Å². The minimum atomic E-state index is -0.532. The highest BCUT2D eigenvalue weighted by molar-refractivity contribution is 8.00. The van der Waals surface area contributed by atoms with E-state index in [0.29, 0.717) is 21.0 Å². The molecule has 0 N–H and O–H groups in total. The van der Waals surface area contributed by atoms with Crippen molar-refractivity contribution in [1.29, 1.82) is 0 Å². The van der Waals surface area contributed by atoms with Crippen LogP contribution in [0.5, 0.6) is 0 Å². The van der Waals surface area contributed by atoms with Crippen LogP contribution in [0.15, 0.2) is 52.9 Å². The first-order valence-electron chi connectivity index (χ1n) is 10.6. The molecule has 1 aliphatic carbocycles. The molecule has 4 rings (SSSR count). The number of aromatic nitrogens is 2. The Morgan fingerprint density at radius 1 is 1.06 bits per heavy atom. The number of rotatable bonds is 7. The number of Topliss-reactive ketones (excluding diaryl/α,β-unsaturated/α-hetero) is 1. The van der Waals surface area contributed by atoms with Crippen molar-refractivity contribution < 1.29 is 14.3 Å². The third-order valence-corrected chi connectivity index (χ3v) is 7.90. The summed E-state index contributed by atoms with van der Waals surface area (Å²) in [5, 5.41) is 4.44. The van der Waals surface area contributed by atoms with Crippen molar-refractivity contribution in [3.63, 3.8) is 0 Å². The van der Waals surface area contributed by atoms with Gasteiger partial charge in [0.2, 0.25) is 0 Å². The van der Waals surface area contributed by atoms with E-state index >= 15 is 0 Å². The number of ether oxygens (including phenoxy) is 1. The Morgan fingerprint density at radius 3 is 2.34 bits per heavy atom. The third kappa shape index (κ3) is 5.36. The number of thioether (sulfide) groups is 1. The Labute approximate surface area is 200 Å². The Kier molecular flexibility index (Phi) is 7.55. The zero-order chi connectivity index (χ0) is 22.5. The monoisotopic (exact) mass is 484 g/mol. The maximum absolute atomic E-state index is 12.5. The van der Waals surface area contributed by atoms with Crippen molar-refractivity contribution in [3.05, 3.63) is 69.2 Å². The van der Waals surface area contributed by atoms with Crippen LogP contribution in [0.4, 0.5) is 0 Å². The van der Waals surface area contributed by atoms with Crippen LogP contribution in [-0.4, -0.2) is 34.4 Å². The molecule has 0 radical (unpaired) electrons. The number of benzene rings is 2. The highest BCUT2D eigenvalue weighted by Crippen LogP contribution is 2.32. The van der Waals surface area contributed by atoms with Gasteiger partial charge >= 0.3 is 5.97 Å². The highest BCUT2D eigenvalue weighted by Gasteiger charge is 2.17. The molecule has 1 fully saturated rings. The van der Waals surface area contributed by atoms with Crippen LogP contribution in [0.2, 0.25) is 0 Å². The fraction of sp³-hybridized carbons (Fsp3) is 0.333. The van der Waals surface area contributed by atoms with Gasteiger partial charge in [0.05, 0.1) is 11.3 Å². The highest BCUT2D eigenvalue weighted by atomic mass is 32.2. The lowest BCUT2D eigenvalue weighted by Crippen LogP contribution is -2.14. The van der Waals surface area contributed by atoms with E-state index in [9.17, 15) is 9.59 Å². The number of esters is 1. The molecular formula is C24H24N2O3S3. The first-order chi connectivity index (χ1) is 15.5. The molecular weight excluding hydrogens is 460 g/mol. The van der Waals surface area contributed by atoms with Crippen molar-refractivity contribution in [2.75, 3.05) is 12.9 Å². The van der Waals surface area contributed by atoms with Gasteiger partial charge in [0.1, 0.15) is 0 Å². The summed E-state index contributed by atoms with van der Waals surface area (Å²) in [4.78, 5) is 24.9. The topological polar surface area (TPSA) is 61.2 Å². The number of nitrogens with zero attached hydrogens (tertiary/aromatic N) is 2. The number of hydrogen-bond donors (Lipinski definition) is 0. The molecule has 166 valence electrons. The minimum absolute atomic E-state index is 0.205. The van der Waals surface area contributed by atoms with Gasteiger partial charge in [-0.2, -0.15) is 0 Å². The van der Waals surface area contributed by atoms with Crippen molar-refractivity contribution >= 4 is 47.1 Å². The SMILES string of the molecule is CSc1nn(-c2ccc(C(=O)OCC(=O)c3ccc(C4CCCCC4)cc3)cc2)c(=S)s1. The predicted octanol–water partition coefficient (Wildman–Crippen LogP) is 6.47. The van der Waals surface area contributed by atoms with Crippen LogP contribution in [-0.2, 0) is 4.74 Å². The number of hydrogen-bond acceptors (Lipinski definition) is 7. The van der Waals surface area contributed by atoms with Crippen LogP contribution >= 0.6 is 35.3 Å². The van der Waals surface area contributed by atoms with E-state index < -0.39 is 5.97 Å². The second-order valence-electron chi connectivity index (χ2n) is 7.75. The molecule has 0 amide bonds. The molecule has 0 atom stereocenters. The Hall–Kier alpha value is -2.29. The van der Waals surface area contributed by atoms with E-state index in [2.05, 4.69) is 5.10 Å². The Morgan fingerprint density at radius 2 is 1.72 bits per heavy atom. The standard InChI is InChI=1S/C24H24N2O3S3/c1-31-23-25-26(24(30)32-23)20-13-11-19(12-14-20)22(28)29-15-21(27)18-9-7-17(8-10-18)16-5-3-2-4-6-16/h7-14,16H,2-6,15H2,1H3. The van der Waals surface area contributed by atoms with Crippen LogP contribution in [0, 0.1) is 3.95 Å². The van der Waals surface area contributed by atoms with Gasteiger partial charge in [-0.25, -0.2) is 9.48 Å². The van der Waals surface area contributed by atoms with E-state index in [-0.39, 0.29) is 12.4 Å². The van der Waals surface area contributed by atoms with Gasteiger partial charge in [-0.1, -0.05) is 66.6 Å². The molecule has 0 saturated heterocycles. The molecule has 1 aromatic heterocycles. The van der Waals surface area contributed by atoms with E-state index in [1.165, 1.54) is 60.8 Å². The van der Waals surface area contributed by atoms with Crippen molar-refractivity contribution in [3.8, 4) is 5.69 Å². The number of carbonyl (C=O) groups excluding carboxylic acids is 2. The lowest BCUT2D eigenvalue weighted by Gasteiger charge is -2.22. The molecule has 32 heavy (non-hydrogen) atoms. The molecule has 0 spiro atoms. The van der Waals surface area contributed by atoms with Crippen molar-refractivity contribution in [2.24, 2.45) is 0 Å². The number of ketones is 1. The molecule has 3 aromatic rings. The molecule has 2 aromatic carbocycles. The minimum Gasteiger partial charge on any atom is -0.454 e. The van der Waals surface area contributed by atoms with Crippen molar-refractivity contribution in [2.45, 2.75) is 42.4 Å². The van der Waals surface area contributed by atoms with Gasteiger partial charge in [-0.05, 0) is 67.1 Å². The molecule has 1 aliphatic rings. The molecule has 1 saturated carbocycles. The average Bonchev–Trinajstić information content (AvgIpc) is 3.23. The lowest BCUT2D eigenvalue weighted by molar-refractivity contribution is 0.0475. The second-order valence-corrected chi connectivity index (χ2v) is 10.4. The zero-order valence-corrected chi connectivity index (χ0v) is 20.2. The first-order valence-corrected chi connectivity index (χ1v) is 13.0. The maximum atomic E-state index is 12.5. The zero-order valence-electron chi connectivity index (χ0n) is 17.8. The summed E-state index contributed by atoms with van der Waals surface area (Å²) in [6.07, 6.45) is 8.26. The lowest BCUT2D eigenvalue weighted by atomic mass is 9.84. The van der Waals surface area contributed by atoms with Gasteiger partial charge in [-0.3, -0.25) is 4.79 Å². The molecule has 0 unspecified atom stereocenters. The smallest absolute Gasteiger partial charge is 0.338 e. The molecule has 1 heterocycles. The maximum Gasteiger partial charge on any atom is 0.338 e. The summed E-state index contributed by atoms with van der Waals surface area (Å²) in [5.74, 6) is -0.140. The van der Waals surface area contributed by atoms with Crippen LogP contribution in [0.3, 0.4) is 0 Å². The molecule has 8 heteroatoms. The fourth-order valence-electron chi connectivity index (χ4n) is 3.92. The van der Waals surface area contributed by atoms with Crippen LogP contribution in [0.25, 0.3) is 5.69 Å². The van der Waals surface area contributed by atoms with Gasteiger partial charge in [-0.15, -0.1) is 5.10 Å². The predicted molar refractivity (Wildman–Crippen MR) is 131 cm³/mol. The Bertz CT molecular complexity index is 1140. The van der Waals surface area contributed by atoms with E-state index in [1.807, 2.05) is 30.5 Å². The molecule has 5 nitrogen and oxygen atoms in total. The van der Waals surface area contributed by atoms with Gasteiger partial charge in [0.25, 0.3) is 0 Å². The number of carbonyl (C=O) groups is 2. The summed E-state index contributed by atoms with van der Waals surface area (Å²) in [6, 6.07) is 14.6. The Balaban J connectivity index is 1.34. The first kappa shape index (κ1) is 22.9. The normalized spacial score (nSPS) is 14.3. The summed E-state index contributed by atoms with van der Waals surface area (Å²) in [6.45, 7) is -0.280. The van der Waals surface area contributed by atoms with Crippen molar-refractivity contribution in [1.82, 2.24) is 9.78 Å². The van der Waals surface area contributed by atoms with Crippen LogP contribution in [0.1, 0.15) is 64.3 Å². The quantitative estimate of drug-likeness (QED) is 0.166. The molecule has 0 aliphatic heterocycles. The summed E-state index contributed by atoms with van der Waals surface area (Å²) >= 11 is 8.32. The summed E-state index contributed by atoms with van der Waals surface area (Å²) in [5.41, 5.74) is 3.01. The second kappa shape index (κ2) is 10.6.